The van der Waals surface area contributed by atoms with Crippen molar-refractivity contribution in [3.63, 3.8) is 0 Å². The SMILES string of the molecule is Cc1ccc(OCCN(C)C(=O)COCc2nc3ccccc3s2)cc1. The molecule has 3 aromatic rings. The quantitative estimate of drug-likeness (QED) is 0.607. The Morgan fingerprint density at radius 1 is 1.15 bits per heavy atom. The van der Waals surface area contributed by atoms with E-state index in [0.717, 1.165) is 21.0 Å². The van der Waals surface area contributed by atoms with Crippen molar-refractivity contribution in [3.05, 3.63) is 59.1 Å². The summed E-state index contributed by atoms with van der Waals surface area (Å²) < 4.78 is 12.3. The van der Waals surface area contributed by atoms with Crippen molar-refractivity contribution in [1.29, 1.82) is 0 Å². The van der Waals surface area contributed by atoms with E-state index in [-0.39, 0.29) is 12.5 Å². The molecule has 0 atom stereocenters. The number of para-hydroxylation sites is 1. The normalized spacial score (nSPS) is 10.8. The second-order valence-corrected chi connectivity index (χ2v) is 7.16. The molecule has 0 unspecified atom stereocenters. The highest BCUT2D eigenvalue weighted by molar-refractivity contribution is 7.18. The molecule has 0 spiro atoms. The zero-order chi connectivity index (χ0) is 18.4. The van der Waals surface area contributed by atoms with Gasteiger partial charge in [0.25, 0.3) is 0 Å². The van der Waals surface area contributed by atoms with E-state index in [1.807, 2.05) is 55.5 Å². The highest BCUT2D eigenvalue weighted by Gasteiger charge is 2.10. The maximum atomic E-state index is 12.1. The minimum Gasteiger partial charge on any atom is -0.492 e. The third-order valence-corrected chi connectivity index (χ3v) is 4.94. The van der Waals surface area contributed by atoms with Crippen LogP contribution in [0.25, 0.3) is 10.2 Å². The number of nitrogens with zero attached hydrogens (tertiary/aromatic N) is 2. The van der Waals surface area contributed by atoms with Crippen LogP contribution in [0.4, 0.5) is 0 Å². The smallest absolute Gasteiger partial charge is 0.248 e. The number of likely N-dealkylation sites (N-methyl/N-ethyl adjacent to an activating group) is 1. The van der Waals surface area contributed by atoms with Gasteiger partial charge in [-0.3, -0.25) is 4.79 Å². The number of aryl methyl sites for hydroxylation is 1. The van der Waals surface area contributed by atoms with E-state index in [0.29, 0.717) is 19.8 Å². The molecular formula is C20H22N2O3S. The second kappa shape index (κ2) is 8.78. The summed E-state index contributed by atoms with van der Waals surface area (Å²) in [4.78, 5) is 18.2. The zero-order valence-electron chi connectivity index (χ0n) is 15.0. The molecule has 1 heterocycles. The van der Waals surface area contributed by atoms with Gasteiger partial charge in [-0.2, -0.15) is 0 Å². The van der Waals surface area contributed by atoms with Crippen molar-refractivity contribution >= 4 is 27.5 Å². The van der Waals surface area contributed by atoms with Crippen LogP contribution in [-0.2, 0) is 16.1 Å². The molecule has 0 saturated heterocycles. The van der Waals surface area contributed by atoms with Crippen LogP contribution in [-0.4, -0.2) is 42.6 Å². The Hall–Kier alpha value is -2.44. The molecular weight excluding hydrogens is 348 g/mol. The topological polar surface area (TPSA) is 51.7 Å². The Labute approximate surface area is 157 Å². The molecule has 3 rings (SSSR count). The molecule has 26 heavy (non-hydrogen) atoms. The van der Waals surface area contributed by atoms with E-state index >= 15 is 0 Å². The minimum atomic E-state index is -0.0707. The Balaban J connectivity index is 1.37. The van der Waals surface area contributed by atoms with Crippen molar-refractivity contribution in [2.24, 2.45) is 0 Å². The number of hydrogen-bond donors (Lipinski definition) is 0. The van der Waals surface area contributed by atoms with E-state index in [1.54, 1.807) is 23.3 Å². The van der Waals surface area contributed by atoms with Crippen molar-refractivity contribution in [2.45, 2.75) is 13.5 Å². The van der Waals surface area contributed by atoms with Crippen LogP contribution in [0.3, 0.4) is 0 Å². The van der Waals surface area contributed by atoms with Crippen molar-refractivity contribution in [2.75, 3.05) is 26.8 Å². The van der Waals surface area contributed by atoms with Crippen molar-refractivity contribution in [1.82, 2.24) is 9.88 Å². The van der Waals surface area contributed by atoms with Gasteiger partial charge in [0.2, 0.25) is 5.91 Å². The van der Waals surface area contributed by atoms with Gasteiger partial charge in [0.1, 0.15) is 24.0 Å². The van der Waals surface area contributed by atoms with Crippen molar-refractivity contribution in [3.8, 4) is 5.75 Å². The molecule has 0 fully saturated rings. The van der Waals surface area contributed by atoms with Gasteiger partial charge in [-0.15, -0.1) is 11.3 Å². The molecule has 6 heteroatoms. The fourth-order valence-corrected chi connectivity index (χ4v) is 3.28. The van der Waals surface area contributed by atoms with Crippen LogP contribution >= 0.6 is 11.3 Å². The summed E-state index contributed by atoms with van der Waals surface area (Å²) in [5, 5.41) is 0.879. The van der Waals surface area contributed by atoms with Gasteiger partial charge in [0, 0.05) is 7.05 Å². The molecule has 0 saturated carbocycles. The molecule has 1 amide bonds. The molecule has 0 aliphatic heterocycles. The number of ether oxygens (including phenoxy) is 2. The Bertz CT molecular complexity index is 828. The number of carbonyl (C=O) groups excluding carboxylic acids is 1. The summed E-state index contributed by atoms with van der Waals surface area (Å²) in [7, 11) is 1.75. The largest absolute Gasteiger partial charge is 0.492 e. The summed E-state index contributed by atoms with van der Waals surface area (Å²) in [5.41, 5.74) is 2.16. The number of rotatable bonds is 8. The second-order valence-electron chi connectivity index (χ2n) is 6.04. The van der Waals surface area contributed by atoms with E-state index in [4.69, 9.17) is 9.47 Å². The number of aromatic nitrogens is 1. The summed E-state index contributed by atoms with van der Waals surface area (Å²) in [6.45, 7) is 3.38. The first-order valence-electron chi connectivity index (χ1n) is 8.47. The summed E-state index contributed by atoms with van der Waals surface area (Å²) in [6.07, 6.45) is 0. The average Bonchev–Trinajstić information content (AvgIpc) is 3.06. The fraction of sp³-hybridized carbons (Fsp3) is 0.300. The highest BCUT2D eigenvalue weighted by Crippen LogP contribution is 2.21. The number of thiazole rings is 1. The van der Waals surface area contributed by atoms with Gasteiger partial charge in [0.15, 0.2) is 0 Å². The monoisotopic (exact) mass is 370 g/mol. The molecule has 0 aliphatic carbocycles. The van der Waals surface area contributed by atoms with E-state index in [2.05, 4.69) is 4.98 Å². The lowest BCUT2D eigenvalue weighted by Crippen LogP contribution is -2.33. The van der Waals surface area contributed by atoms with Gasteiger partial charge in [-0.1, -0.05) is 29.8 Å². The Kier molecular flexibility index (Phi) is 6.20. The molecule has 0 aliphatic rings. The van der Waals surface area contributed by atoms with Crippen LogP contribution in [0.5, 0.6) is 5.75 Å². The highest BCUT2D eigenvalue weighted by atomic mass is 32.1. The average molecular weight is 370 g/mol. The van der Waals surface area contributed by atoms with Crippen LogP contribution in [0.15, 0.2) is 48.5 Å². The maximum Gasteiger partial charge on any atom is 0.248 e. The molecule has 1 aromatic heterocycles. The number of hydrogen-bond acceptors (Lipinski definition) is 5. The van der Waals surface area contributed by atoms with Crippen LogP contribution in [0.1, 0.15) is 10.6 Å². The van der Waals surface area contributed by atoms with E-state index in [9.17, 15) is 4.79 Å². The Morgan fingerprint density at radius 3 is 2.69 bits per heavy atom. The van der Waals surface area contributed by atoms with Gasteiger partial charge in [-0.25, -0.2) is 4.98 Å². The summed E-state index contributed by atoms with van der Waals surface area (Å²) in [5.74, 6) is 0.738. The molecule has 0 radical (unpaired) electrons. The predicted octanol–water partition coefficient (Wildman–Crippen LogP) is 3.66. The molecule has 0 N–H and O–H groups in total. The molecule has 2 aromatic carbocycles. The summed E-state index contributed by atoms with van der Waals surface area (Å²) >= 11 is 1.59. The van der Waals surface area contributed by atoms with Crippen LogP contribution in [0, 0.1) is 6.92 Å². The van der Waals surface area contributed by atoms with Gasteiger partial charge >= 0.3 is 0 Å². The number of amides is 1. The molecule has 0 bridgehead atoms. The zero-order valence-corrected chi connectivity index (χ0v) is 15.8. The molecule has 136 valence electrons. The maximum absolute atomic E-state index is 12.1. The fourth-order valence-electron chi connectivity index (χ4n) is 2.38. The first kappa shape index (κ1) is 18.4. The lowest BCUT2D eigenvalue weighted by atomic mass is 10.2. The lowest BCUT2D eigenvalue weighted by molar-refractivity contribution is -0.135. The van der Waals surface area contributed by atoms with E-state index < -0.39 is 0 Å². The third-order valence-electron chi connectivity index (χ3n) is 3.93. The number of carbonyl (C=O) groups is 1. The van der Waals surface area contributed by atoms with Crippen LogP contribution < -0.4 is 4.74 Å². The minimum absolute atomic E-state index is 0.0386. The van der Waals surface area contributed by atoms with Gasteiger partial charge < -0.3 is 14.4 Å². The summed E-state index contributed by atoms with van der Waals surface area (Å²) in [6, 6.07) is 15.8. The first-order chi connectivity index (χ1) is 12.6. The van der Waals surface area contributed by atoms with Crippen molar-refractivity contribution < 1.29 is 14.3 Å². The van der Waals surface area contributed by atoms with Gasteiger partial charge in [-0.05, 0) is 31.2 Å². The standard InChI is InChI=1S/C20H22N2O3S/c1-15-7-9-16(10-8-15)25-12-11-22(2)20(23)14-24-13-19-21-17-5-3-4-6-18(17)26-19/h3-10H,11-14H2,1-2H3. The Morgan fingerprint density at radius 2 is 1.92 bits per heavy atom. The predicted molar refractivity (Wildman–Crippen MR) is 104 cm³/mol. The number of fused-ring (bicyclic) bond motifs is 1. The number of benzene rings is 2. The molecule has 5 nitrogen and oxygen atoms in total. The van der Waals surface area contributed by atoms with E-state index in [1.165, 1.54) is 5.56 Å². The van der Waals surface area contributed by atoms with Gasteiger partial charge in [0.05, 0.1) is 23.4 Å². The lowest BCUT2D eigenvalue weighted by Gasteiger charge is -2.17. The first-order valence-corrected chi connectivity index (χ1v) is 9.29. The van der Waals surface area contributed by atoms with Crippen LogP contribution in [0.2, 0.25) is 0 Å². The third kappa shape index (κ3) is 5.03.